The number of fused-ring (bicyclic) bond motifs is 1. The van der Waals surface area contributed by atoms with E-state index in [0.29, 0.717) is 38.2 Å². The predicted octanol–water partition coefficient (Wildman–Crippen LogP) is 3.03. The number of hydrogen-bond acceptors (Lipinski definition) is 5. The van der Waals surface area contributed by atoms with Gasteiger partial charge in [0.25, 0.3) is 5.91 Å². The molecule has 0 bridgehead atoms. The Morgan fingerprint density at radius 1 is 1.38 bits per heavy atom. The van der Waals surface area contributed by atoms with Gasteiger partial charge < -0.3 is 10.2 Å². The lowest BCUT2D eigenvalue weighted by Crippen LogP contribution is -2.36. The molecule has 1 amide bonds. The smallest absolute Gasteiger partial charge is 0.263 e. The summed E-state index contributed by atoms with van der Waals surface area (Å²) in [7, 11) is 0. The molecule has 0 saturated carbocycles. The van der Waals surface area contributed by atoms with Gasteiger partial charge in [0.2, 0.25) is 5.95 Å². The van der Waals surface area contributed by atoms with E-state index in [-0.39, 0.29) is 5.91 Å². The lowest BCUT2D eigenvalue weighted by molar-refractivity contribution is 0.0950. The molecule has 24 heavy (non-hydrogen) atoms. The van der Waals surface area contributed by atoms with Gasteiger partial charge in [-0.15, -0.1) is 11.3 Å². The zero-order valence-electron chi connectivity index (χ0n) is 12.9. The van der Waals surface area contributed by atoms with Crippen molar-refractivity contribution < 1.29 is 9.18 Å². The fourth-order valence-electron chi connectivity index (χ4n) is 3.08. The fourth-order valence-corrected chi connectivity index (χ4v) is 5.04. The maximum atomic E-state index is 14.6. The van der Waals surface area contributed by atoms with Gasteiger partial charge >= 0.3 is 0 Å². The van der Waals surface area contributed by atoms with Crippen LogP contribution in [0.5, 0.6) is 0 Å². The van der Waals surface area contributed by atoms with Crippen molar-refractivity contribution in [1.29, 1.82) is 0 Å². The number of nitrogens with one attached hydrogen (secondary N) is 1. The molecule has 0 aliphatic carbocycles. The first kappa shape index (κ1) is 16.2. The Kier molecular flexibility index (Phi) is 4.42. The van der Waals surface area contributed by atoms with Crippen molar-refractivity contribution in [2.75, 3.05) is 24.5 Å². The van der Waals surface area contributed by atoms with Crippen molar-refractivity contribution in [3.8, 4) is 10.6 Å². The standard InChI is InChI=1S/C16H16FIN4OS/c17-14-10(16-20-11-5-6-19-15(23)13(11)24-16)3-4-12(21-14)22-7-1-2-9(18)8-22/h3-4,9H,1-2,5-8H2,(H,19,23)/t9-/m0/s1. The minimum absolute atomic E-state index is 0.119. The Morgan fingerprint density at radius 2 is 2.25 bits per heavy atom. The Morgan fingerprint density at radius 3 is 3.00 bits per heavy atom. The fraction of sp³-hybridized carbons (Fsp3) is 0.438. The Hall–Kier alpha value is -1.29. The number of hydrogen-bond donors (Lipinski definition) is 1. The van der Waals surface area contributed by atoms with Crippen LogP contribution in [0.15, 0.2) is 12.1 Å². The lowest BCUT2D eigenvalue weighted by atomic mass is 10.1. The number of thiazole rings is 1. The number of nitrogens with zero attached hydrogens (tertiary/aromatic N) is 3. The molecule has 1 N–H and O–H groups in total. The van der Waals surface area contributed by atoms with Gasteiger partial charge in [-0.25, -0.2) is 9.97 Å². The number of alkyl halides is 1. The monoisotopic (exact) mass is 458 g/mol. The minimum atomic E-state index is -0.519. The zero-order chi connectivity index (χ0) is 16.7. The van der Waals surface area contributed by atoms with E-state index in [0.717, 1.165) is 25.2 Å². The minimum Gasteiger partial charge on any atom is -0.355 e. The highest BCUT2D eigenvalue weighted by molar-refractivity contribution is 14.1. The molecule has 1 saturated heterocycles. The quantitative estimate of drug-likeness (QED) is 0.427. The molecule has 1 atom stereocenters. The number of halogens is 2. The van der Waals surface area contributed by atoms with Crippen LogP contribution in [0.3, 0.4) is 0 Å². The first-order valence-electron chi connectivity index (χ1n) is 7.95. The highest BCUT2D eigenvalue weighted by atomic mass is 127. The highest BCUT2D eigenvalue weighted by Crippen LogP contribution is 2.32. The van der Waals surface area contributed by atoms with E-state index in [2.05, 4.69) is 42.8 Å². The van der Waals surface area contributed by atoms with Gasteiger partial charge in [-0.3, -0.25) is 4.79 Å². The highest BCUT2D eigenvalue weighted by Gasteiger charge is 2.25. The number of anilines is 1. The van der Waals surface area contributed by atoms with Crippen molar-refractivity contribution in [2.24, 2.45) is 0 Å². The van der Waals surface area contributed by atoms with E-state index in [1.54, 1.807) is 6.07 Å². The zero-order valence-corrected chi connectivity index (χ0v) is 15.9. The average Bonchev–Trinajstić information content (AvgIpc) is 3.00. The van der Waals surface area contributed by atoms with E-state index >= 15 is 0 Å². The third kappa shape index (κ3) is 3.01. The summed E-state index contributed by atoms with van der Waals surface area (Å²) in [6.45, 7) is 2.40. The summed E-state index contributed by atoms with van der Waals surface area (Å²) < 4.78 is 15.2. The van der Waals surface area contributed by atoms with Crippen LogP contribution in [0.4, 0.5) is 10.2 Å². The maximum Gasteiger partial charge on any atom is 0.263 e. The molecule has 4 heterocycles. The summed E-state index contributed by atoms with van der Waals surface area (Å²) in [6.07, 6.45) is 2.99. The Balaban J connectivity index is 1.64. The summed E-state index contributed by atoms with van der Waals surface area (Å²) in [4.78, 5) is 23.2. The van der Waals surface area contributed by atoms with Crippen LogP contribution in [-0.4, -0.2) is 39.4 Å². The molecule has 2 aromatic heterocycles. The number of amides is 1. The van der Waals surface area contributed by atoms with E-state index in [4.69, 9.17) is 0 Å². The van der Waals surface area contributed by atoms with Crippen LogP contribution in [0.1, 0.15) is 28.2 Å². The molecule has 2 aliphatic heterocycles. The molecule has 2 aliphatic rings. The van der Waals surface area contributed by atoms with Crippen LogP contribution in [0.2, 0.25) is 0 Å². The van der Waals surface area contributed by atoms with Crippen LogP contribution in [0.25, 0.3) is 10.6 Å². The van der Waals surface area contributed by atoms with E-state index in [9.17, 15) is 9.18 Å². The summed E-state index contributed by atoms with van der Waals surface area (Å²) in [5, 5.41) is 3.32. The average molecular weight is 458 g/mol. The Bertz CT molecular complexity index is 796. The largest absolute Gasteiger partial charge is 0.355 e. The molecule has 0 spiro atoms. The molecular weight excluding hydrogens is 442 g/mol. The molecule has 8 heteroatoms. The van der Waals surface area contributed by atoms with Gasteiger partial charge in [0.05, 0.1) is 11.3 Å². The molecule has 0 radical (unpaired) electrons. The lowest BCUT2D eigenvalue weighted by Gasteiger charge is -2.31. The van der Waals surface area contributed by atoms with E-state index in [1.165, 1.54) is 17.8 Å². The van der Waals surface area contributed by atoms with Gasteiger partial charge in [0, 0.05) is 30.0 Å². The van der Waals surface area contributed by atoms with Gasteiger partial charge in [-0.1, -0.05) is 22.6 Å². The van der Waals surface area contributed by atoms with Crippen molar-refractivity contribution in [2.45, 2.75) is 23.2 Å². The van der Waals surface area contributed by atoms with Gasteiger partial charge in [0.1, 0.15) is 15.7 Å². The topological polar surface area (TPSA) is 58.1 Å². The number of piperidine rings is 1. The maximum absolute atomic E-state index is 14.6. The third-order valence-electron chi connectivity index (χ3n) is 4.30. The predicted molar refractivity (Wildman–Crippen MR) is 101 cm³/mol. The van der Waals surface area contributed by atoms with Crippen molar-refractivity contribution in [3.63, 3.8) is 0 Å². The number of pyridine rings is 1. The summed E-state index contributed by atoms with van der Waals surface area (Å²) in [5.74, 6) is 0.0395. The second-order valence-electron chi connectivity index (χ2n) is 5.99. The van der Waals surface area contributed by atoms with E-state index in [1.807, 2.05) is 6.07 Å². The summed E-state index contributed by atoms with van der Waals surface area (Å²) >= 11 is 3.67. The second kappa shape index (κ2) is 6.55. The van der Waals surface area contributed by atoms with Gasteiger partial charge in [-0.05, 0) is 25.0 Å². The van der Waals surface area contributed by atoms with Crippen molar-refractivity contribution in [1.82, 2.24) is 15.3 Å². The first-order chi connectivity index (χ1) is 11.6. The van der Waals surface area contributed by atoms with Crippen LogP contribution < -0.4 is 10.2 Å². The second-order valence-corrected chi connectivity index (χ2v) is 8.75. The number of carbonyl (C=O) groups is 1. The molecular formula is C16H16FIN4OS. The van der Waals surface area contributed by atoms with Crippen LogP contribution in [-0.2, 0) is 6.42 Å². The normalized spacial score (nSPS) is 20.7. The van der Waals surface area contributed by atoms with E-state index < -0.39 is 5.95 Å². The summed E-state index contributed by atoms with van der Waals surface area (Å²) in [5.41, 5.74) is 1.12. The SMILES string of the molecule is O=C1NCCc2nc(-c3ccc(N4CCC[C@H](I)C4)nc3F)sc21. The molecule has 126 valence electrons. The molecule has 1 fully saturated rings. The van der Waals surface area contributed by atoms with Crippen LogP contribution in [0, 0.1) is 5.95 Å². The number of carbonyl (C=O) groups excluding carboxylic acids is 1. The molecule has 4 rings (SSSR count). The first-order valence-corrected chi connectivity index (χ1v) is 10.0. The summed E-state index contributed by atoms with van der Waals surface area (Å²) in [6, 6.07) is 3.59. The number of aromatic nitrogens is 2. The molecule has 0 aromatic carbocycles. The number of rotatable bonds is 2. The Labute approximate surface area is 156 Å². The van der Waals surface area contributed by atoms with Crippen molar-refractivity contribution >= 4 is 45.7 Å². The molecule has 0 unspecified atom stereocenters. The van der Waals surface area contributed by atoms with Crippen LogP contribution >= 0.6 is 33.9 Å². The third-order valence-corrected chi connectivity index (χ3v) is 6.45. The molecule has 2 aromatic rings. The van der Waals surface area contributed by atoms with Gasteiger partial charge in [-0.2, -0.15) is 4.39 Å². The van der Waals surface area contributed by atoms with Gasteiger partial charge in [0.15, 0.2) is 0 Å². The van der Waals surface area contributed by atoms with Crippen molar-refractivity contribution in [3.05, 3.63) is 28.7 Å². The molecule has 5 nitrogen and oxygen atoms in total.